The summed E-state index contributed by atoms with van der Waals surface area (Å²) in [5, 5.41) is 8.65. The highest BCUT2D eigenvalue weighted by atomic mass is 79.9. The molecule has 0 saturated heterocycles. The van der Waals surface area contributed by atoms with Gasteiger partial charge in [-0.05, 0) is 42.5 Å². The lowest BCUT2D eigenvalue weighted by Gasteiger charge is -2.13. The normalized spacial score (nSPS) is 11.8. The van der Waals surface area contributed by atoms with E-state index in [4.69, 9.17) is 5.41 Å². The van der Waals surface area contributed by atoms with Crippen LogP contribution in [-0.4, -0.2) is 22.4 Å². The van der Waals surface area contributed by atoms with Gasteiger partial charge in [0.1, 0.15) is 21.7 Å². The zero-order chi connectivity index (χ0) is 20.8. The van der Waals surface area contributed by atoms with Crippen LogP contribution in [0.3, 0.4) is 0 Å². The molecule has 0 bridgehead atoms. The molecule has 0 aliphatic carbocycles. The predicted molar refractivity (Wildman–Crippen MR) is 113 cm³/mol. The summed E-state index contributed by atoms with van der Waals surface area (Å²) < 4.78 is 29.9. The van der Waals surface area contributed by atoms with Crippen LogP contribution in [0, 0.1) is 5.41 Å². The molecule has 0 radical (unpaired) electrons. The maximum Gasteiger partial charge on any atom is 0.267 e. The van der Waals surface area contributed by atoms with Crippen molar-refractivity contribution in [2.75, 3.05) is 0 Å². The largest absolute Gasteiger partial charge is 0.306 e. The highest BCUT2D eigenvalue weighted by molar-refractivity contribution is 9.10. The molecule has 3 aromatic heterocycles. The Morgan fingerprint density at radius 1 is 1.17 bits per heavy atom. The Balaban J connectivity index is 2.14. The first-order valence-corrected chi connectivity index (χ1v) is 10.8. The van der Waals surface area contributed by atoms with Gasteiger partial charge >= 0.3 is 0 Å². The second-order valence-corrected chi connectivity index (χ2v) is 9.13. The first-order chi connectivity index (χ1) is 13.8. The number of fused-ring (bicyclic) bond motifs is 2. The second-order valence-electron chi connectivity index (χ2n) is 6.30. The minimum Gasteiger partial charge on any atom is -0.306 e. The van der Waals surface area contributed by atoms with E-state index in [1.54, 1.807) is 36.5 Å². The van der Waals surface area contributed by atoms with Crippen LogP contribution in [0.15, 0.2) is 86.4 Å². The summed E-state index contributed by atoms with van der Waals surface area (Å²) in [7, 11) is -4.03. The number of allylic oxidation sites excluding steroid dienone is 1. The standard InChI is InChI=1S/C20H15BrN4O3S/c1-2-10-25-18(22)16(29(27,28)14-8-6-13(21)7-9-14)12-15-19(25)23-17-5-3-4-11-24(17)20(15)26/h2-9,11-12,22H,1,10H2. The smallest absolute Gasteiger partial charge is 0.267 e. The SMILES string of the molecule is C=CCn1c(=N)c(S(=O)(=O)c2ccc(Br)cc2)cc2c(=O)n3ccccc3nc21. The molecular formula is C20H15BrN4O3S. The Bertz CT molecular complexity index is 1500. The number of nitrogens with one attached hydrogen (secondary N) is 1. The molecular weight excluding hydrogens is 456 g/mol. The summed E-state index contributed by atoms with van der Waals surface area (Å²) >= 11 is 3.28. The van der Waals surface area contributed by atoms with Gasteiger partial charge in [0.05, 0.1) is 10.3 Å². The van der Waals surface area contributed by atoms with Crippen molar-refractivity contribution in [3.8, 4) is 0 Å². The Kier molecular flexibility index (Phi) is 4.71. The topological polar surface area (TPSA) is 97.3 Å². The van der Waals surface area contributed by atoms with E-state index in [0.717, 1.165) is 4.47 Å². The van der Waals surface area contributed by atoms with Crippen LogP contribution in [0.5, 0.6) is 0 Å². The van der Waals surface area contributed by atoms with Gasteiger partial charge in [-0.15, -0.1) is 6.58 Å². The monoisotopic (exact) mass is 470 g/mol. The van der Waals surface area contributed by atoms with Crippen molar-refractivity contribution in [1.82, 2.24) is 14.0 Å². The molecule has 0 aliphatic heterocycles. The quantitative estimate of drug-likeness (QED) is 0.366. The van der Waals surface area contributed by atoms with Gasteiger partial charge in [0.15, 0.2) is 0 Å². The van der Waals surface area contributed by atoms with E-state index < -0.39 is 15.4 Å². The molecule has 0 atom stereocenters. The average Bonchev–Trinajstić information content (AvgIpc) is 2.70. The lowest BCUT2D eigenvalue weighted by atomic mass is 10.3. The molecule has 0 amide bonds. The summed E-state index contributed by atoms with van der Waals surface area (Å²) in [5.41, 5.74) is -0.0187. The van der Waals surface area contributed by atoms with E-state index in [1.165, 1.54) is 33.2 Å². The fourth-order valence-electron chi connectivity index (χ4n) is 3.11. The molecule has 29 heavy (non-hydrogen) atoms. The minimum atomic E-state index is -4.03. The fourth-order valence-corrected chi connectivity index (χ4v) is 4.76. The Morgan fingerprint density at radius 3 is 2.59 bits per heavy atom. The first kappa shape index (κ1) is 19.3. The molecule has 0 unspecified atom stereocenters. The molecule has 0 saturated carbocycles. The molecule has 4 aromatic rings. The van der Waals surface area contributed by atoms with Crippen LogP contribution in [0.1, 0.15) is 0 Å². The van der Waals surface area contributed by atoms with Crippen LogP contribution < -0.4 is 11.0 Å². The van der Waals surface area contributed by atoms with Crippen molar-refractivity contribution >= 4 is 42.4 Å². The third-order valence-electron chi connectivity index (χ3n) is 4.51. The highest BCUT2D eigenvalue weighted by Crippen LogP contribution is 2.22. The molecule has 0 spiro atoms. The van der Waals surface area contributed by atoms with Crippen LogP contribution in [0.4, 0.5) is 0 Å². The van der Waals surface area contributed by atoms with E-state index in [0.29, 0.717) is 5.65 Å². The van der Waals surface area contributed by atoms with Crippen molar-refractivity contribution in [3.05, 3.63) is 87.7 Å². The van der Waals surface area contributed by atoms with Crippen molar-refractivity contribution in [2.24, 2.45) is 0 Å². The molecule has 4 rings (SSSR count). The third-order valence-corrected chi connectivity index (χ3v) is 6.82. The number of aromatic nitrogens is 3. The Hall–Kier alpha value is -3.04. The van der Waals surface area contributed by atoms with Crippen molar-refractivity contribution in [1.29, 1.82) is 5.41 Å². The number of nitrogens with zero attached hydrogens (tertiary/aromatic N) is 3. The van der Waals surface area contributed by atoms with Crippen LogP contribution in [0.25, 0.3) is 16.7 Å². The average molecular weight is 471 g/mol. The zero-order valence-corrected chi connectivity index (χ0v) is 17.4. The molecule has 146 valence electrons. The van der Waals surface area contributed by atoms with Crippen LogP contribution in [0.2, 0.25) is 0 Å². The molecule has 3 heterocycles. The number of halogens is 1. The van der Waals surface area contributed by atoms with Crippen molar-refractivity contribution in [3.63, 3.8) is 0 Å². The summed E-state index contributed by atoms with van der Waals surface area (Å²) in [4.78, 5) is 17.3. The minimum absolute atomic E-state index is 0.0348. The molecule has 1 N–H and O–H groups in total. The molecule has 7 nitrogen and oxygen atoms in total. The third kappa shape index (κ3) is 3.12. The van der Waals surface area contributed by atoms with Gasteiger partial charge in [-0.1, -0.05) is 28.1 Å². The molecule has 0 fully saturated rings. The summed E-state index contributed by atoms with van der Waals surface area (Å²) in [6, 6.07) is 12.5. The molecule has 9 heteroatoms. The number of benzene rings is 1. The van der Waals surface area contributed by atoms with Gasteiger partial charge in [-0.3, -0.25) is 14.6 Å². The van der Waals surface area contributed by atoms with E-state index in [2.05, 4.69) is 27.5 Å². The predicted octanol–water partition coefficient (Wildman–Crippen LogP) is 2.91. The lowest BCUT2D eigenvalue weighted by Crippen LogP contribution is -2.29. The van der Waals surface area contributed by atoms with Crippen LogP contribution >= 0.6 is 15.9 Å². The highest BCUT2D eigenvalue weighted by Gasteiger charge is 2.23. The van der Waals surface area contributed by atoms with Crippen LogP contribution in [-0.2, 0) is 16.4 Å². The van der Waals surface area contributed by atoms with Gasteiger partial charge in [0.25, 0.3) is 5.56 Å². The van der Waals surface area contributed by atoms with Gasteiger partial charge in [0.2, 0.25) is 9.84 Å². The van der Waals surface area contributed by atoms with E-state index in [-0.39, 0.29) is 32.9 Å². The fraction of sp³-hybridized carbons (Fsp3) is 0.0500. The summed E-state index contributed by atoms with van der Waals surface area (Å²) in [6.45, 7) is 3.81. The number of hydrogen-bond acceptors (Lipinski definition) is 5. The zero-order valence-electron chi connectivity index (χ0n) is 15.0. The molecule has 1 aromatic carbocycles. The summed E-state index contributed by atoms with van der Waals surface area (Å²) in [6.07, 6.45) is 3.10. The van der Waals surface area contributed by atoms with Crippen molar-refractivity contribution in [2.45, 2.75) is 16.3 Å². The second kappa shape index (κ2) is 7.09. The maximum absolute atomic E-state index is 13.2. The Labute approximate surface area is 174 Å². The Morgan fingerprint density at radius 2 is 1.90 bits per heavy atom. The lowest BCUT2D eigenvalue weighted by molar-refractivity contribution is 0.591. The number of pyridine rings is 2. The van der Waals surface area contributed by atoms with Gasteiger partial charge in [-0.25, -0.2) is 13.4 Å². The van der Waals surface area contributed by atoms with Crippen molar-refractivity contribution < 1.29 is 8.42 Å². The van der Waals surface area contributed by atoms with Gasteiger partial charge < -0.3 is 4.57 Å². The number of hydrogen-bond donors (Lipinski definition) is 1. The van der Waals surface area contributed by atoms with E-state index >= 15 is 0 Å². The number of rotatable bonds is 4. The van der Waals surface area contributed by atoms with E-state index in [9.17, 15) is 13.2 Å². The van der Waals surface area contributed by atoms with E-state index in [1.807, 2.05) is 0 Å². The number of sulfone groups is 1. The van der Waals surface area contributed by atoms with Gasteiger partial charge in [0, 0.05) is 17.2 Å². The summed E-state index contributed by atoms with van der Waals surface area (Å²) in [5.74, 6) is 0. The molecule has 0 aliphatic rings. The first-order valence-electron chi connectivity index (χ1n) is 8.55. The maximum atomic E-state index is 13.2. The van der Waals surface area contributed by atoms with Gasteiger partial charge in [-0.2, -0.15) is 0 Å².